The molecule has 0 atom stereocenters. The van der Waals surface area contributed by atoms with Crippen molar-refractivity contribution in [1.29, 1.82) is 0 Å². The first-order valence-corrected chi connectivity index (χ1v) is 8.58. The topological polar surface area (TPSA) is 63.1 Å². The van der Waals surface area contributed by atoms with Crippen LogP contribution >= 0.6 is 12.4 Å². The van der Waals surface area contributed by atoms with Gasteiger partial charge in [-0.25, -0.2) is 4.68 Å². The Labute approximate surface area is 155 Å². The molecule has 2 aromatic rings. The fraction of sp³-hybridized carbons (Fsp3) is 0.500. The number of benzene rings is 1. The fourth-order valence-corrected chi connectivity index (χ4v) is 3.16. The van der Waals surface area contributed by atoms with Crippen molar-refractivity contribution in [3.63, 3.8) is 0 Å². The summed E-state index contributed by atoms with van der Waals surface area (Å²) in [5.41, 5.74) is 2.58. The molecule has 7 heteroatoms. The summed E-state index contributed by atoms with van der Waals surface area (Å²) in [5, 5.41) is 11.8. The van der Waals surface area contributed by atoms with Crippen LogP contribution in [0.2, 0.25) is 0 Å². The number of likely N-dealkylation sites (N-methyl/N-ethyl adjacent to an activating group) is 1. The molecule has 1 aromatic heterocycles. The number of nitrogens with zero attached hydrogens (tertiary/aromatic N) is 4. The number of hydrogen-bond acceptors (Lipinski definition) is 4. The maximum Gasteiger partial charge on any atom is 0.276 e. The first-order chi connectivity index (χ1) is 11.7. The van der Waals surface area contributed by atoms with Crippen LogP contribution in [0, 0.1) is 6.92 Å². The van der Waals surface area contributed by atoms with Crippen LogP contribution in [0.25, 0.3) is 0 Å². The molecule has 1 aliphatic rings. The van der Waals surface area contributed by atoms with Gasteiger partial charge in [-0.3, -0.25) is 4.79 Å². The van der Waals surface area contributed by atoms with Crippen LogP contribution in [0.1, 0.15) is 40.6 Å². The van der Waals surface area contributed by atoms with Crippen molar-refractivity contribution in [3.05, 3.63) is 47.3 Å². The lowest BCUT2D eigenvalue weighted by atomic mass is 10.1. The first kappa shape index (κ1) is 19.4. The molecule has 0 radical (unpaired) electrons. The number of hydrogen-bond donors (Lipinski definition) is 1. The summed E-state index contributed by atoms with van der Waals surface area (Å²) < 4.78 is 1.93. The molecule has 1 N–H and O–H groups in total. The number of piperidine rings is 1. The van der Waals surface area contributed by atoms with E-state index in [-0.39, 0.29) is 18.3 Å². The Morgan fingerprint density at radius 2 is 1.96 bits per heavy atom. The molecule has 0 unspecified atom stereocenters. The molecule has 0 saturated carbocycles. The van der Waals surface area contributed by atoms with Crippen LogP contribution < -0.4 is 5.32 Å². The summed E-state index contributed by atoms with van der Waals surface area (Å²) >= 11 is 0. The molecule has 1 fully saturated rings. The predicted molar refractivity (Wildman–Crippen MR) is 100 cm³/mol. The lowest BCUT2D eigenvalue weighted by Crippen LogP contribution is -2.31. The van der Waals surface area contributed by atoms with Gasteiger partial charge in [-0.1, -0.05) is 35.5 Å². The van der Waals surface area contributed by atoms with Gasteiger partial charge in [-0.15, -0.1) is 17.5 Å². The summed E-state index contributed by atoms with van der Waals surface area (Å²) in [7, 11) is 1.83. The average Bonchev–Trinajstić information content (AvgIpc) is 3.02. The predicted octanol–water partition coefficient (Wildman–Crippen LogP) is 2.25. The highest BCUT2D eigenvalue weighted by molar-refractivity contribution is 5.93. The highest BCUT2D eigenvalue weighted by atomic mass is 35.5. The van der Waals surface area contributed by atoms with E-state index in [1.54, 1.807) is 4.90 Å². The van der Waals surface area contributed by atoms with Gasteiger partial charge >= 0.3 is 0 Å². The van der Waals surface area contributed by atoms with Crippen molar-refractivity contribution in [1.82, 2.24) is 25.2 Å². The number of nitrogens with one attached hydrogen (secondary N) is 1. The molecular weight excluding hydrogens is 338 g/mol. The number of rotatable bonds is 5. The van der Waals surface area contributed by atoms with E-state index in [4.69, 9.17) is 0 Å². The molecule has 1 amide bonds. The van der Waals surface area contributed by atoms with Crippen molar-refractivity contribution in [2.45, 2.75) is 32.2 Å². The van der Waals surface area contributed by atoms with E-state index < -0.39 is 0 Å². The Morgan fingerprint density at radius 1 is 1.28 bits per heavy atom. The second-order valence-corrected chi connectivity index (χ2v) is 6.41. The van der Waals surface area contributed by atoms with Crippen molar-refractivity contribution < 1.29 is 4.79 Å². The lowest BCUT2D eigenvalue weighted by Gasteiger charge is -2.23. The van der Waals surface area contributed by atoms with Crippen molar-refractivity contribution in [2.75, 3.05) is 26.7 Å². The molecule has 0 spiro atoms. The molecular formula is C18H26ClN5O. The van der Waals surface area contributed by atoms with Crippen LogP contribution in [0.4, 0.5) is 0 Å². The van der Waals surface area contributed by atoms with Gasteiger partial charge < -0.3 is 10.2 Å². The van der Waals surface area contributed by atoms with Gasteiger partial charge in [-0.05, 0) is 44.8 Å². The molecule has 1 saturated heterocycles. The summed E-state index contributed by atoms with van der Waals surface area (Å²) in [6, 6.07) is 10.5. The third-order valence-corrected chi connectivity index (χ3v) is 4.71. The Morgan fingerprint density at radius 3 is 2.64 bits per heavy atom. The molecule has 6 nitrogen and oxygen atoms in total. The third-order valence-electron chi connectivity index (χ3n) is 4.71. The van der Waals surface area contributed by atoms with E-state index in [1.165, 1.54) is 5.56 Å². The molecule has 25 heavy (non-hydrogen) atoms. The van der Waals surface area contributed by atoms with Crippen LogP contribution in [0.3, 0.4) is 0 Å². The van der Waals surface area contributed by atoms with Crippen LogP contribution in [-0.4, -0.2) is 52.5 Å². The zero-order chi connectivity index (χ0) is 16.9. The minimum Gasteiger partial charge on any atom is -0.340 e. The highest BCUT2D eigenvalue weighted by Crippen LogP contribution is 2.20. The molecule has 2 heterocycles. The number of aromatic nitrogens is 3. The van der Waals surface area contributed by atoms with E-state index in [0.717, 1.165) is 38.0 Å². The number of carbonyl (C=O) groups is 1. The number of amides is 1. The number of halogens is 1. The minimum absolute atomic E-state index is 0. The average molecular weight is 364 g/mol. The van der Waals surface area contributed by atoms with Gasteiger partial charge in [0.1, 0.15) is 0 Å². The van der Waals surface area contributed by atoms with Gasteiger partial charge in [0, 0.05) is 13.6 Å². The normalized spacial score (nSPS) is 14.8. The third kappa shape index (κ3) is 4.58. The van der Waals surface area contributed by atoms with E-state index in [1.807, 2.05) is 36.9 Å². The van der Waals surface area contributed by atoms with E-state index in [2.05, 4.69) is 27.8 Å². The van der Waals surface area contributed by atoms with Gasteiger partial charge in [-0.2, -0.15) is 0 Å². The summed E-state index contributed by atoms with van der Waals surface area (Å²) in [6.07, 6.45) is 2.90. The monoisotopic (exact) mass is 363 g/mol. The molecule has 136 valence electrons. The Bertz CT molecular complexity index is 682. The van der Waals surface area contributed by atoms with E-state index in [0.29, 0.717) is 18.3 Å². The van der Waals surface area contributed by atoms with E-state index >= 15 is 0 Å². The molecule has 0 aliphatic carbocycles. The van der Waals surface area contributed by atoms with E-state index in [9.17, 15) is 4.79 Å². The maximum absolute atomic E-state index is 12.7. The summed E-state index contributed by atoms with van der Waals surface area (Å²) in [4.78, 5) is 14.4. The second-order valence-electron chi connectivity index (χ2n) is 6.41. The smallest absolute Gasteiger partial charge is 0.276 e. The van der Waals surface area contributed by atoms with Crippen LogP contribution in [-0.2, 0) is 6.42 Å². The van der Waals surface area contributed by atoms with Crippen LogP contribution in [0.5, 0.6) is 0 Å². The minimum atomic E-state index is -0.0522. The first-order valence-electron chi connectivity index (χ1n) is 8.58. The summed E-state index contributed by atoms with van der Waals surface area (Å²) in [6.45, 7) is 4.59. The molecule has 3 rings (SSSR count). The van der Waals surface area contributed by atoms with Gasteiger partial charge in [0.25, 0.3) is 5.91 Å². The maximum atomic E-state index is 12.7. The van der Waals surface area contributed by atoms with Crippen molar-refractivity contribution in [2.24, 2.45) is 0 Å². The Kier molecular flexibility index (Phi) is 6.96. The Balaban J connectivity index is 0.00000225. The lowest BCUT2D eigenvalue weighted by molar-refractivity contribution is 0.0790. The number of carbonyl (C=O) groups excluding carboxylic acids is 1. The Hall–Kier alpha value is -1.92. The highest BCUT2D eigenvalue weighted by Gasteiger charge is 2.24. The molecule has 1 aliphatic heterocycles. The van der Waals surface area contributed by atoms with Crippen molar-refractivity contribution >= 4 is 18.3 Å². The summed E-state index contributed by atoms with van der Waals surface area (Å²) in [5.74, 6) is -0.0522. The quantitative estimate of drug-likeness (QED) is 0.885. The van der Waals surface area contributed by atoms with Crippen molar-refractivity contribution in [3.8, 4) is 0 Å². The molecule has 0 bridgehead atoms. The zero-order valence-electron chi connectivity index (χ0n) is 14.8. The molecule has 1 aromatic carbocycles. The van der Waals surface area contributed by atoms with Gasteiger partial charge in [0.05, 0.1) is 11.7 Å². The fourth-order valence-electron chi connectivity index (χ4n) is 3.16. The largest absolute Gasteiger partial charge is 0.340 e. The van der Waals surface area contributed by atoms with Gasteiger partial charge in [0.15, 0.2) is 5.69 Å². The van der Waals surface area contributed by atoms with Crippen LogP contribution in [0.15, 0.2) is 30.3 Å². The SMILES string of the molecule is Cc1c(C(=O)N(C)CCc2ccccc2)nnn1C1CCNCC1.Cl. The zero-order valence-corrected chi connectivity index (χ0v) is 15.6. The van der Waals surface area contributed by atoms with Gasteiger partial charge in [0.2, 0.25) is 0 Å². The standard InChI is InChI=1S/C18H25N5O.ClH/c1-14-17(20-21-23(14)16-8-11-19-12-9-16)18(24)22(2)13-10-15-6-4-3-5-7-15;/h3-7,16,19H,8-13H2,1-2H3;1H. The second kappa shape index (κ2) is 8.97.